The summed E-state index contributed by atoms with van der Waals surface area (Å²) in [4.78, 5) is 16.9. The standard InChI is InChI=1S/C18H27N7O2/c1-22-16(13-23-8-10-27-11-9-23)20-21-18(22)15-4-2-6-24(12-15)17(26)14-25-7-3-5-19-25/h3,5,7,15H,2,4,6,8-14H2,1H3/t15-/m1/s1. The minimum atomic E-state index is 0.110. The minimum Gasteiger partial charge on any atom is -0.379 e. The molecule has 2 fully saturated rings. The van der Waals surface area contributed by atoms with E-state index in [9.17, 15) is 4.79 Å². The number of hydrogen-bond donors (Lipinski definition) is 0. The Bertz CT molecular complexity index is 752. The third-order valence-corrected chi connectivity index (χ3v) is 5.46. The molecule has 0 aromatic carbocycles. The van der Waals surface area contributed by atoms with Crippen molar-refractivity contribution in [2.75, 3.05) is 39.4 Å². The van der Waals surface area contributed by atoms with Gasteiger partial charge in [-0.2, -0.15) is 5.10 Å². The summed E-state index contributed by atoms with van der Waals surface area (Å²) in [5.41, 5.74) is 0. The molecule has 0 aliphatic carbocycles. The van der Waals surface area contributed by atoms with Gasteiger partial charge in [-0.3, -0.25) is 14.4 Å². The molecule has 4 heterocycles. The van der Waals surface area contributed by atoms with Gasteiger partial charge >= 0.3 is 0 Å². The molecule has 2 aromatic heterocycles. The molecule has 2 saturated heterocycles. The zero-order valence-electron chi connectivity index (χ0n) is 15.8. The number of aromatic nitrogens is 5. The largest absolute Gasteiger partial charge is 0.379 e. The van der Waals surface area contributed by atoms with Gasteiger partial charge in [0.25, 0.3) is 0 Å². The van der Waals surface area contributed by atoms with Gasteiger partial charge in [-0.05, 0) is 18.9 Å². The number of rotatable bonds is 5. The van der Waals surface area contributed by atoms with Crippen LogP contribution in [0.4, 0.5) is 0 Å². The molecule has 1 amide bonds. The van der Waals surface area contributed by atoms with Gasteiger partial charge < -0.3 is 14.2 Å². The summed E-state index contributed by atoms with van der Waals surface area (Å²) in [5, 5.41) is 13.0. The molecule has 2 aliphatic rings. The maximum Gasteiger partial charge on any atom is 0.244 e. The van der Waals surface area contributed by atoms with Gasteiger partial charge in [-0.1, -0.05) is 0 Å². The number of carbonyl (C=O) groups is 1. The number of ether oxygens (including phenoxy) is 1. The number of likely N-dealkylation sites (tertiary alicyclic amines) is 1. The van der Waals surface area contributed by atoms with Crippen LogP contribution in [0.5, 0.6) is 0 Å². The smallest absolute Gasteiger partial charge is 0.244 e. The van der Waals surface area contributed by atoms with E-state index in [0.717, 1.165) is 63.9 Å². The van der Waals surface area contributed by atoms with Crippen LogP contribution < -0.4 is 0 Å². The van der Waals surface area contributed by atoms with Crippen LogP contribution in [0, 0.1) is 0 Å². The molecule has 27 heavy (non-hydrogen) atoms. The van der Waals surface area contributed by atoms with Crippen molar-refractivity contribution >= 4 is 5.91 Å². The molecule has 0 N–H and O–H groups in total. The lowest BCUT2D eigenvalue weighted by Crippen LogP contribution is -2.41. The number of carbonyl (C=O) groups excluding carboxylic acids is 1. The van der Waals surface area contributed by atoms with Crippen molar-refractivity contribution in [1.29, 1.82) is 0 Å². The summed E-state index contributed by atoms with van der Waals surface area (Å²) in [7, 11) is 2.04. The predicted molar refractivity (Wildman–Crippen MR) is 97.9 cm³/mol. The molecule has 2 aromatic rings. The highest BCUT2D eigenvalue weighted by molar-refractivity contribution is 5.76. The minimum absolute atomic E-state index is 0.110. The lowest BCUT2D eigenvalue weighted by Gasteiger charge is -2.32. The van der Waals surface area contributed by atoms with Crippen LogP contribution >= 0.6 is 0 Å². The van der Waals surface area contributed by atoms with Gasteiger partial charge in [0.1, 0.15) is 18.2 Å². The van der Waals surface area contributed by atoms with E-state index in [2.05, 4.69) is 24.8 Å². The summed E-state index contributed by atoms with van der Waals surface area (Å²) >= 11 is 0. The van der Waals surface area contributed by atoms with Crippen molar-refractivity contribution in [3.63, 3.8) is 0 Å². The van der Waals surface area contributed by atoms with Gasteiger partial charge in [0.15, 0.2) is 0 Å². The zero-order chi connectivity index (χ0) is 18.6. The Morgan fingerprint density at radius 2 is 2.11 bits per heavy atom. The molecular weight excluding hydrogens is 346 g/mol. The van der Waals surface area contributed by atoms with Crippen molar-refractivity contribution in [3.05, 3.63) is 30.1 Å². The molecule has 146 valence electrons. The Morgan fingerprint density at radius 1 is 1.26 bits per heavy atom. The van der Waals surface area contributed by atoms with Gasteiger partial charge in [0, 0.05) is 51.5 Å². The SMILES string of the molecule is Cn1c(CN2CCOCC2)nnc1[C@@H]1CCCN(C(=O)Cn2cccn2)C1. The zero-order valence-corrected chi connectivity index (χ0v) is 15.8. The molecular formula is C18H27N7O2. The third kappa shape index (κ3) is 4.19. The van der Waals surface area contributed by atoms with E-state index in [4.69, 9.17) is 4.74 Å². The van der Waals surface area contributed by atoms with Crippen LogP contribution in [0.1, 0.15) is 30.4 Å². The van der Waals surface area contributed by atoms with E-state index in [1.165, 1.54) is 0 Å². The first-order chi connectivity index (χ1) is 13.2. The quantitative estimate of drug-likeness (QED) is 0.747. The second kappa shape index (κ2) is 8.18. The summed E-state index contributed by atoms with van der Waals surface area (Å²) in [6.07, 6.45) is 5.54. The first-order valence-corrected chi connectivity index (χ1v) is 9.64. The van der Waals surface area contributed by atoms with E-state index in [-0.39, 0.29) is 11.8 Å². The summed E-state index contributed by atoms with van der Waals surface area (Å²) in [5.74, 6) is 2.30. The first kappa shape index (κ1) is 18.1. The van der Waals surface area contributed by atoms with Crippen LogP contribution in [0.3, 0.4) is 0 Å². The van der Waals surface area contributed by atoms with Gasteiger partial charge in [-0.15, -0.1) is 10.2 Å². The van der Waals surface area contributed by atoms with E-state index in [0.29, 0.717) is 13.1 Å². The Kier molecular flexibility index (Phi) is 5.49. The maximum absolute atomic E-state index is 12.6. The maximum atomic E-state index is 12.6. The van der Waals surface area contributed by atoms with Crippen molar-refractivity contribution in [1.82, 2.24) is 34.3 Å². The fourth-order valence-corrected chi connectivity index (χ4v) is 3.87. The highest BCUT2D eigenvalue weighted by atomic mass is 16.5. The second-order valence-electron chi connectivity index (χ2n) is 7.30. The van der Waals surface area contributed by atoms with E-state index < -0.39 is 0 Å². The number of piperidine rings is 1. The molecule has 1 atom stereocenters. The Balaban J connectivity index is 1.39. The number of nitrogens with zero attached hydrogens (tertiary/aromatic N) is 7. The van der Waals surface area contributed by atoms with Gasteiger partial charge in [0.05, 0.1) is 19.8 Å². The molecule has 0 radical (unpaired) electrons. The highest BCUT2D eigenvalue weighted by Gasteiger charge is 2.28. The number of morpholine rings is 1. The molecule has 9 nitrogen and oxygen atoms in total. The van der Waals surface area contributed by atoms with Crippen molar-refractivity contribution < 1.29 is 9.53 Å². The normalized spacial score (nSPS) is 21.5. The number of hydrogen-bond acceptors (Lipinski definition) is 6. The first-order valence-electron chi connectivity index (χ1n) is 9.64. The molecule has 4 rings (SSSR count). The Labute approximate surface area is 158 Å². The summed E-state index contributed by atoms with van der Waals surface area (Å²) < 4.78 is 9.20. The second-order valence-corrected chi connectivity index (χ2v) is 7.30. The molecule has 2 aliphatic heterocycles. The lowest BCUT2D eigenvalue weighted by atomic mass is 9.97. The van der Waals surface area contributed by atoms with Crippen molar-refractivity contribution in [3.8, 4) is 0 Å². The van der Waals surface area contributed by atoms with Crippen LogP contribution in [0.2, 0.25) is 0 Å². The van der Waals surface area contributed by atoms with Gasteiger partial charge in [0.2, 0.25) is 5.91 Å². The van der Waals surface area contributed by atoms with E-state index in [1.54, 1.807) is 10.9 Å². The van der Waals surface area contributed by atoms with E-state index in [1.807, 2.05) is 24.2 Å². The summed E-state index contributed by atoms with van der Waals surface area (Å²) in [6.45, 7) is 6.00. The van der Waals surface area contributed by atoms with E-state index >= 15 is 0 Å². The molecule has 9 heteroatoms. The monoisotopic (exact) mass is 373 g/mol. The molecule has 0 unspecified atom stereocenters. The van der Waals surface area contributed by atoms with Crippen LogP contribution in [-0.2, 0) is 29.7 Å². The average molecular weight is 373 g/mol. The van der Waals surface area contributed by atoms with Crippen molar-refractivity contribution in [2.24, 2.45) is 7.05 Å². The molecule has 0 bridgehead atoms. The molecule has 0 spiro atoms. The number of amides is 1. The van der Waals surface area contributed by atoms with Crippen molar-refractivity contribution in [2.45, 2.75) is 31.8 Å². The lowest BCUT2D eigenvalue weighted by molar-refractivity contribution is -0.133. The van der Waals surface area contributed by atoms with Crippen LogP contribution in [-0.4, -0.2) is 79.6 Å². The highest BCUT2D eigenvalue weighted by Crippen LogP contribution is 2.26. The fraction of sp³-hybridized carbons (Fsp3) is 0.667. The Morgan fingerprint density at radius 3 is 2.89 bits per heavy atom. The average Bonchev–Trinajstić information content (AvgIpc) is 3.33. The summed E-state index contributed by atoms with van der Waals surface area (Å²) in [6, 6.07) is 1.84. The Hall–Kier alpha value is -2.26. The van der Waals surface area contributed by atoms with Crippen LogP contribution in [0.25, 0.3) is 0 Å². The van der Waals surface area contributed by atoms with Crippen LogP contribution in [0.15, 0.2) is 18.5 Å². The van der Waals surface area contributed by atoms with Gasteiger partial charge in [-0.25, -0.2) is 0 Å². The molecule has 0 saturated carbocycles. The third-order valence-electron chi connectivity index (χ3n) is 5.46. The topological polar surface area (TPSA) is 81.3 Å². The fourth-order valence-electron chi connectivity index (χ4n) is 3.87. The predicted octanol–water partition coefficient (Wildman–Crippen LogP) is 0.250.